The molecule has 2 aromatic carbocycles. The number of imide groups is 1. The van der Waals surface area contributed by atoms with Crippen LogP contribution in [0.25, 0.3) is 5.57 Å². The molecule has 0 radical (unpaired) electrons. The molecule has 1 aliphatic rings. The van der Waals surface area contributed by atoms with Gasteiger partial charge >= 0.3 is 0 Å². The smallest absolute Gasteiger partial charge is 0.272 e. The summed E-state index contributed by atoms with van der Waals surface area (Å²) in [5, 5.41) is 9.25. The van der Waals surface area contributed by atoms with Gasteiger partial charge in [-0.1, -0.05) is 12.1 Å². The van der Waals surface area contributed by atoms with Crippen molar-refractivity contribution in [3.8, 4) is 17.2 Å². The van der Waals surface area contributed by atoms with Crippen molar-refractivity contribution < 1.29 is 28.9 Å². The van der Waals surface area contributed by atoms with E-state index in [0.717, 1.165) is 16.7 Å². The molecule has 0 saturated heterocycles. The largest absolute Gasteiger partial charge is 0.497 e. The van der Waals surface area contributed by atoms with E-state index >= 15 is 0 Å². The standard InChI is InChI=1S/C22H23NO6S/c1-4-29-16-7-5-14(6-8-16)19-20(30-10-9-24)22(26)23(21(19)25)15-11-17(27-2)13-18(12-15)28-3/h5-8,11-13,24H,4,9-10H2,1-3H3. The van der Waals surface area contributed by atoms with Gasteiger partial charge in [-0.25, -0.2) is 4.90 Å². The second-order valence-electron chi connectivity index (χ2n) is 6.25. The topological polar surface area (TPSA) is 85.3 Å². The molecule has 2 amide bonds. The van der Waals surface area contributed by atoms with Gasteiger partial charge in [0, 0.05) is 24.0 Å². The molecule has 0 fully saturated rings. The summed E-state index contributed by atoms with van der Waals surface area (Å²) in [6, 6.07) is 11.9. The Kier molecular flexibility index (Phi) is 7.02. The summed E-state index contributed by atoms with van der Waals surface area (Å²) < 4.78 is 16.0. The zero-order chi connectivity index (χ0) is 21.7. The highest BCUT2D eigenvalue weighted by molar-refractivity contribution is 8.04. The first-order valence-electron chi connectivity index (χ1n) is 9.37. The van der Waals surface area contributed by atoms with Gasteiger partial charge in [-0.2, -0.15) is 0 Å². The van der Waals surface area contributed by atoms with Crippen molar-refractivity contribution in [1.82, 2.24) is 0 Å². The third-order valence-electron chi connectivity index (χ3n) is 4.43. The Hall–Kier alpha value is -2.97. The van der Waals surface area contributed by atoms with Crippen LogP contribution in [0.15, 0.2) is 47.4 Å². The number of anilines is 1. The molecule has 1 N–H and O–H groups in total. The van der Waals surface area contributed by atoms with Crippen LogP contribution < -0.4 is 19.1 Å². The van der Waals surface area contributed by atoms with Crippen molar-refractivity contribution in [2.24, 2.45) is 0 Å². The number of nitrogens with zero attached hydrogens (tertiary/aromatic N) is 1. The summed E-state index contributed by atoms with van der Waals surface area (Å²) in [7, 11) is 3.00. The molecule has 3 rings (SSSR count). The predicted molar refractivity (Wildman–Crippen MR) is 116 cm³/mol. The van der Waals surface area contributed by atoms with E-state index in [1.165, 1.54) is 14.2 Å². The molecular formula is C22H23NO6S. The molecule has 0 saturated carbocycles. The van der Waals surface area contributed by atoms with E-state index in [4.69, 9.17) is 14.2 Å². The molecule has 0 aromatic heterocycles. The zero-order valence-corrected chi connectivity index (χ0v) is 17.8. The maximum atomic E-state index is 13.4. The van der Waals surface area contributed by atoms with Crippen LogP contribution in [-0.2, 0) is 9.59 Å². The highest BCUT2D eigenvalue weighted by Gasteiger charge is 2.40. The van der Waals surface area contributed by atoms with Crippen molar-refractivity contribution in [1.29, 1.82) is 0 Å². The molecule has 1 heterocycles. The van der Waals surface area contributed by atoms with E-state index in [0.29, 0.717) is 51.3 Å². The molecule has 2 aromatic rings. The monoisotopic (exact) mass is 429 g/mol. The molecule has 8 heteroatoms. The number of rotatable bonds is 9. The van der Waals surface area contributed by atoms with E-state index in [1.807, 2.05) is 6.92 Å². The number of thioether (sulfide) groups is 1. The summed E-state index contributed by atoms with van der Waals surface area (Å²) in [5.41, 5.74) is 1.25. The molecular weight excluding hydrogens is 406 g/mol. The molecule has 0 bridgehead atoms. The van der Waals surface area contributed by atoms with Gasteiger partial charge in [-0.15, -0.1) is 11.8 Å². The number of carbonyl (C=O) groups excluding carboxylic acids is 2. The molecule has 0 aliphatic carbocycles. The van der Waals surface area contributed by atoms with E-state index in [9.17, 15) is 14.7 Å². The Bertz CT molecular complexity index is 948. The van der Waals surface area contributed by atoms with Crippen LogP contribution in [0.4, 0.5) is 5.69 Å². The zero-order valence-electron chi connectivity index (χ0n) is 17.0. The minimum absolute atomic E-state index is 0.112. The van der Waals surface area contributed by atoms with Gasteiger partial charge in [-0.05, 0) is 24.6 Å². The van der Waals surface area contributed by atoms with Crippen molar-refractivity contribution in [3.63, 3.8) is 0 Å². The van der Waals surface area contributed by atoms with E-state index in [1.54, 1.807) is 42.5 Å². The first-order valence-corrected chi connectivity index (χ1v) is 10.4. The molecule has 1 aliphatic heterocycles. The SMILES string of the molecule is CCOc1ccc(C2=C(SCCO)C(=O)N(c3cc(OC)cc(OC)c3)C2=O)cc1. The highest BCUT2D eigenvalue weighted by Crippen LogP contribution is 2.40. The fraction of sp³-hybridized carbons (Fsp3) is 0.273. The summed E-state index contributed by atoms with van der Waals surface area (Å²) in [5.74, 6) is 1.01. The number of aliphatic hydroxyl groups is 1. The maximum Gasteiger partial charge on any atom is 0.272 e. The van der Waals surface area contributed by atoms with Gasteiger partial charge in [0.05, 0.1) is 43.6 Å². The fourth-order valence-corrected chi connectivity index (χ4v) is 3.95. The van der Waals surface area contributed by atoms with Gasteiger partial charge in [0.15, 0.2) is 0 Å². The highest BCUT2D eigenvalue weighted by atomic mass is 32.2. The number of hydrogen-bond acceptors (Lipinski definition) is 7. The first kappa shape index (κ1) is 21.7. The average molecular weight is 429 g/mol. The number of carbonyl (C=O) groups is 2. The molecule has 0 unspecified atom stereocenters. The Balaban J connectivity index is 2.05. The Morgan fingerprint density at radius 2 is 1.57 bits per heavy atom. The Morgan fingerprint density at radius 3 is 2.10 bits per heavy atom. The lowest BCUT2D eigenvalue weighted by atomic mass is 10.1. The Morgan fingerprint density at radius 1 is 0.933 bits per heavy atom. The van der Waals surface area contributed by atoms with Crippen LogP contribution in [0, 0.1) is 0 Å². The summed E-state index contributed by atoms with van der Waals surface area (Å²) in [6.45, 7) is 2.31. The minimum Gasteiger partial charge on any atom is -0.497 e. The number of hydrogen-bond donors (Lipinski definition) is 1. The summed E-state index contributed by atoms with van der Waals surface area (Å²) in [6.07, 6.45) is 0. The second kappa shape index (κ2) is 9.69. The second-order valence-corrected chi connectivity index (χ2v) is 7.36. The average Bonchev–Trinajstić information content (AvgIpc) is 3.01. The number of aliphatic hydroxyl groups excluding tert-OH is 1. The van der Waals surface area contributed by atoms with Crippen LogP contribution in [0.1, 0.15) is 12.5 Å². The lowest BCUT2D eigenvalue weighted by Crippen LogP contribution is -2.31. The predicted octanol–water partition coefficient (Wildman–Crippen LogP) is 3.11. The fourth-order valence-electron chi connectivity index (χ4n) is 3.09. The van der Waals surface area contributed by atoms with Gasteiger partial charge in [0.1, 0.15) is 17.2 Å². The van der Waals surface area contributed by atoms with Gasteiger partial charge < -0.3 is 19.3 Å². The quantitative estimate of drug-likeness (QED) is 0.613. The van der Waals surface area contributed by atoms with Gasteiger partial charge in [0.2, 0.25) is 0 Å². The van der Waals surface area contributed by atoms with Crippen LogP contribution in [0.2, 0.25) is 0 Å². The van der Waals surface area contributed by atoms with E-state index in [2.05, 4.69) is 0 Å². The van der Waals surface area contributed by atoms with Crippen LogP contribution in [0.5, 0.6) is 17.2 Å². The van der Waals surface area contributed by atoms with Gasteiger partial charge in [-0.3, -0.25) is 9.59 Å². The summed E-state index contributed by atoms with van der Waals surface area (Å²) in [4.78, 5) is 28.0. The molecule has 158 valence electrons. The first-order chi connectivity index (χ1) is 14.5. The van der Waals surface area contributed by atoms with Crippen LogP contribution in [0.3, 0.4) is 0 Å². The van der Waals surface area contributed by atoms with Crippen LogP contribution >= 0.6 is 11.8 Å². The minimum atomic E-state index is -0.447. The number of ether oxygens (including phenoxy) is 3. The number of benzene rings is 2. The molecule has 0 atom stereocenters. The van der Waals surface area contributed by atoms with Gasteiger partial charge in [0.25, 0.3) is 11.8 Å². The van der Waals surface area contributed by atoms with Crippen molar-refractivity contribution >= 4 is 34.8 Å². The third-order valence-corrected chi connectivity index (χ3v) is 5.48. The Labute approximate surface area is 179 Å². The van der Waals surface area contributed by atoms with Crippen molar-refractivity contribution in [2.45, 2.75) is 6.92 Å². The molecule has 30 heavy (non-hydrogen) atoms. The third kappa shape index (κ3) is 4.29. The normalized spacial score (nSPS) is 13.8. The molecule has 7 nitrogen and oxygen atoms in total. The number of methoxy groups -OCH3 is 2. The van der Waals surface area contributed by atoms with Crippen molar-refractivity contribution in [2.75, 3.05) is 38.1 Å². The molecule has 0 spiro atoms. The lowest BCUT2D eigenvalue weighted by molar-refractivity contribution is -0.119. The number of amides is 2. The lowest BCUT2D eigenvalue weighted by Gasteiger charge is -2.17. The van der Waals surface area contributed by atoms with Crippen molar-refractivity contribution in [3.05, 3.63) is 52.9 Å². The summed E-state index contributed by atoms with van der Waals surface area (Å²) >= 11 is 1.16. The van der Waals surface area contributed by atoms with E-state index in [-0.39, 0.29) is 6.61 Å². The maximum absolute atomic E-state index is 13.4. The van der Waals surface area contributed by atoms with Crippen LogP contribution in [-0.4, -0.2) is 50.1 Å². The van der Waals surface area contributed by atoms with E-state index < -0.39 is 11.8 Å².